The summed E-state index contributed by atoms with van der Waals surface area (Å²) >= 11 is 6.77. The number of ether oxygens (including phenoxy) is 3. The van der Waals surface area contributed by atoms with Crippen LogP contribution >= 0.6 is 23.4 Å². The van der Waals surface area contributed by atoms with Crippen molar-refractivity contribution in [2.75, 3.05) is 20.3 Å². The van der Waals surface area contributed by atoms with Crippen molar-refractivity contribution < 1.29 is 23.8 Å². The predicted octanol–water partition coefficient (Wildman–Crippen LogP) is 6.35. The van der Waals surface area contributed by atoms with Crippen LogP contribution in [0, 0.1) is 6.92 Å². The van der Waals surface area contributed by atoms with Crippen LogP contribution < -0.4 is 14.2 Å². The molecule has 0 atom stereocenters. The largest absolute Gasteiger partial charge is 0.493 e. The fraction of sp³-hybridized carbons (Fsp3) is 0.185. The first-order valence-electron chi connectivity index (χ1n) is 10.9. The van der Waals surface area contributed by atoms with Gasteiger partial charge in [-0.25, -0.2) is 0 Å². The van der Waals surface area contributed by atoms with Crippen molar-refractivity contribution in [1.29, 1.82) is 0 Å². The van der Waals surface area contributed by atoms with Crippen LogP contribution in [0.5, 0.6) is 17.2 Å². The molecule has 35 heavy (non-hydrogen) atoms. The maximum atomic E-state index is 12.8. The average molecular weight is 510 g/mol. The molecule has 0 saturated carbocycles. The summed E-state index contributed by atoms with van der Waals surface area (Å²) in [5, 5.41) is 0.280. The third kappa shape index (κ3) is 6.38. The number of imide groups is 1. The third-order valence-corrected chi connectivity index (χ3v) is 6.39. The van der Waals surface area contributed by atoms with Gasteiger partial charge in [0, 0.05) is 5.02 Å². The lowest BCUT2D eigenvalue weighted by Crippen LogP contribution is -2.32. The van der Waals surface area contributed by atoms with Crippen molar-refractivity contribution >= 4 is 40.6 Å². The minimum Gasteiger partial charge on any atom is -0.493 e. The zero-order valence-corrected chi connectivity index (χ0v) is 20.9. The van der Waals surface area contributed by atoms with Gasteiger partial charge in [0.15, 0.2) is 11.5 Å². The molecule has 1 aliphatic rings. The maximum Gasteiger partial charge on any atom is 0.293 e. The summed E-state index contributed by atoms with van der Waals surface area (Å²) < 4.78 is 17.0. The highest BCUT2D eigenvalue weighted by Crippen LogP contribution is 2.34. The van der Waals surface area contributed by atoms with E-state index in [2.05, 4.69) is 6.07 Å². The summed E-state index contributed by atoms with van der Waals surface area (Å²) in [6.07, 6.45) is 1.68. The van der Waals surface area contributed by atoms with E-state index in [0.29, 0.717) is 33.8 Å². The molecule has 3 aromatic carbocycles. The number of carbonyl (C=O) groups is 2. The second-order valence-corrected chi connectivity index (χ2v) is 9.25. The second-order valence-electron chi connectivity index (χ2n) is 7.82. The minimum absolute atomic E-state index is 0.152. The van der Waals surface area contributed by atoms with E-state index >= 15 is 0 Å². The monoisotopic (exact) mass is 509 g/mol. The number of carbonyl (C=O) groups excluding carboxylic acids is 2. The molecule has 0 bridgehead atoms. The van der Waals surface area contributed by atoms with Crippen LogP contribution in [-0.2, 0) is 11.4 Å². The number of benzene rings is 3. The number of aryl methyl sites for hydroxylation is 1. The molecule has 1 fully saturated rings. The lowest BCUT2D eigenvalue weighted by atomic mass is 10.1. The van der Waals surface area contributed by atoms with E-state index < -0.39 is 0 Å². The van der Waals surface area contributed by atoms with Gasteiger partial charge < -0.3 is 14.2 Å². The highest BCUT2D eigenvalue weighted by Gasteiger charge is 2.34. The van der Waals surface area contributed by atoms with E-state index in [1.165, 1.54) is 10.5 Å². The van der Waals surface area contributed by atoms with Gasteiger partial charge in [-0.2, -0.15) is 0 Å². The molecule has 0 aliphatic carbocycles. The van der Waals surface area contributed by atoms with Gasteiger partial charge in [0.25, 0.3) is 11.1 Å². The highest BCUT2D eigenvalue weighted by atomic mass is 35.5. The summed E-state index contributed by atoms with van der Waals surface area (Å²) in [7, 11) is 1.56. The van der Waals surface area contributed by atoms with Gasteiger partial charge in [0.05, 0.1) is 18.6 Å². The summed E-state index contributed by atoms with van der Waals surface area (Å²) in [6.45, 7) is 2.79. The number of hydrogen-bond donors (Lipinski definition) is 0. The van der Waals surface area contributed by atoms with Crippen LogP contribution in [0.1, 0.15) is 16.7 Å². The molecule has 0 aromatic heterocycles. The van der Waals surface area contributed by atoms with Gasteiger partial charge in [0.2, 0.25) is 0 Å². The average Bonchev–Trinajstić information content (AvgIpc) is 3.11. The first-order valence-corrected chi connectivity index (χ1v) is 12.1. The number of methoxy groups -OCH3 is 1. The molecule has 0 radical (unpaired) electrons. The molecule has 4 rings (SSSR count). The van der Waals surface area contributed by atoms with E-state index in [9.17, 15) is 9.59 Å². The summed E-state index contributed by atoms with van der Waals surface area (Å²) in [5.41, 5.74) is 2.96. The molecule has 3 aromatic rings. The van der Waals surface area contributed by atoms with Gasteiger partial charge in [-0.05, 0) is 72.3 Å². The Hall–Kier alpha value is -3.42. The van der Waals surface area contributed by atoms with Crippen LogP contribution in [-0.4, -0.2) is 36.3 Å². The number of halogens is 1. The topological polar surface area (TPSA) is 65.1 Å². The van der Waals surface area contributed by atoms with Crippen LogP contribution in [0.15, 0.2) is 71.6 Å². The zero-order valence-electron chi connectivity index (χ0n) is 19.3. The fourth-order valence-corrected chi connectivity index (χ4v) is 4.48. The van der Waals surface area contributed by atoms with Crippen molar-refractivity contribution in [3.05, 3.63) is 93.3 Å². The molecule has 2 amide bonds. The van der Waals surface area contributed by atoms with Crippen LogP contribution in [0.25, 0.3) is 6.08 Å². The molecule has 0 unspecified atom stereocenters. The van der Waals surface area contributed by atoms with Gasteiger partial charge in [0.1, 0.15) is 19.0 Å². The van der Waals surface area contributed by atoms with E-state index in [-0.39, 0.29) is 24.3 Å². The summed E-state index contributed by atoms with van der Waals surface area (Å²) in [6, 6.07) is 20.4. The Bertz CT molecular complexity index is 1260. The van der Waals surface area contributed by atoms with Gasteiger partial charge in [-0.1, -0.05) is 47.5 Å². The molecule has 1 saturated heterocycles. The van der Waals surface area contributed by atoms with Gasteiger partial charge >= 0.3 is 0 Å². The predicted molar refractivity (Wildman–Crippen MR) is 138 cm³/mol. The van der Waals surface area contributed by atoms with E-state index in [1.54, 1.807) is 49.6 Å². The molecule has 6 nitrogen and oxygen atoms in total. The van der Waals surface area contributed by atoms with Crippen LogP contribution in [0.3, 0.4) is 0 Å². The van der Waals surface area contributed by atoms with E-state index in [0.717, 1.165) is 22.9 Å². The van der Waals surface area contributed by atoms with Crippen molar-refractivity contribution in [3.63, 3.8) is 0 Å². The Morgan fingerprint density at radius 1 is 0.971 bits per heavy atom. The van der Waals surface area contributed by atoms with Gasteiger partial charge in [-0.15, -0.1) is 0 Å². The number of hydrogen-bond acceptors (Lipinski definition) is 6. The summed E-state index contributed by atoms with van der Waals surface area (Å²) in [5.74, 6) is 1.41. The normalized spacial score (nSPS) is 14.5. The van der Waals surface area contributed by atoms with E-state index in [4.69, 9.17) is 25.8 Å². The molecule has 1 heterocycles. The molecular weight excluding hydrogens is 486 g/mol. The fourth-order valence-electron chi connectivity index (χ4n) is 3.49. The van der Waals surface area contributed by atoms with E-state index in [1.807, 2.05) is 31.2 Å². The second kappa shape index (κ2) is 11.3. The lowest BCUT2D eigenvalue weighted by molar-refractivity contribution is -0.123. The Balaban J connectivity index is 1.39. The SMILES string of the molecule is COc1cc(/C=C2\SC(=O)N(CCOc3ccc(Cl)cc3)C2=O)ccc1OCc1cccc(C)c1. The smallest absolute Gasteiger partial charge is 0.293 e. The minimum atomic E-state index is -0.349. The number of rotatable bonds is 9. The van der Waals surface area contributed by atoms with Crippen molar-refractivity contribution in [2.24, 2.45) is 0 Å². The first-order chi connectivity index (χ1) is 16.9. The third-order valence-electron chi connectivity index (χ3n) is 5.23. The zero-order chi connectivity index (χ0) is 24.8. The van der Waals surface area contributed by atoms with Gasteiger partial charge in [-0.3, -0.25) is 14.5 Å². The van der Waals surface area contributed by atoms with Crippen molar-refractivity contribution in [2.45, 2.75) is 13.5 Å². The van der Waals surface area contributed by atoms with Crippen molar-refractivity contribution in [1.82, 2.24) is 4.90 Å². The Labute approximate surface area is 213 Å². The number of amides is 2. The Kier molecular flexibility index (Phi) is 8.00. The molecule has 1 aliphatic heterocycles. The molecular formula is C27H24ClNO5S. The highest BCUT2D eigenvalue weighted by molar-refractivity contribution is 8.18. The Morgan fingerprint density at radius 2 is 1.77 bits per heavy atom. The first kappa shape index (κ1) is 24.7. The molecule has 0 spiro atoms. The van der Waals surface area contributed by atoms with Crippen LogP contribution in [0.2, 0.25) is 5.02 Å². The summed E-state index contributed by atoms with van der Waals surface area (Å²) in [4.78, 5) is 26.7. The standard InChI is InChI=1S/C27H24ClNO5S/c1-18-4-3-5-20(14-18)17-34-23-11-6-19(15-24(23)32-2)16-25-26(30)29(27(31)35-25)12-13-33-22-9-7-21(28)8-10-22/h3-11,14-16H,12-13,17H2,1-2H3/b25-16-. The molecule has 8 heteroatoms. The molecule has 180 valence electrons. The lowest BCUT2D eigenvalue weighted by Gasteiger charge is -2.13. The Morgan fingerprint density at radius 3 is 2.51 bits per heavy atom. The molecule has 0 N–H and O–H groups in total. The maximum absolute atomic E-state index is 12.8. The number of thioether (sulfide) groups is 1. The number of nitrogens with zero attached hydrogens (tertiary/aromatic N) is 1. The van der Waals surface area contributed by atoms with Crippen LogP contribution in [0.4, 0.5) is 4.79 Å². The quantitative estimate of drug-likeness (QED) is 0.313. The van der Waals surface area contributed by atoms with Crippen molar-refractivity contribution in [3.8, 4) is 17.2 Å².